The summed E-state index contributed by atoms with van der Waals surface area (Å²) in [5, 5.41) is 8.45. The molecule has 0 saturated carbocycles. The van der Waals surface area contributed by atoms with E-state index < -0.39 is 12.2 Å². The molecule has 0 aromatic carbocycles. The monoisotopic (exact) mass is 262 g/mol. The summed E-state index contributed by atoms with van der Waals surface area (Å²) in [6, 6.07) is -0.625. The predicted octanol–water partition coefficient (Wildman–Crippen LogP) is 0.0865. The maximum Gasteiger partial charge on any atom is 0.289 e. The minimum Gasteiger partial charge on any atom is -0.395 e. The van der Waals surface area contributed by atoms with Crippen LogP contribution in [-0.2, 0) is 4.79 Å². The first-order chi connectivity index (χ1) is 8.13. The van der Waals surface area contributed by atoms with Gasteiger partial charge in [0, 0.05) is 19.6 Å². The van der Waals surface area contributed by atoms with Crippen molar-refractivity contribution in [3.8, 4) is 0 Å². The highest BCUT2D eigenvalue weighted by Gasteiger charge is 2.42. The summed E-state index contributed by atoms with van der Waals surface area (Å²) in [7, 11) is 0. The predicted molar refractivity (Wildman–Crippen MR) is 61.5 cm³/mol. The number of likely N-dealkylation sites (tertiary alicyclic amines) is 1. The normalized spacial score (nSPS) is 31.3. The van der Waals surface area contributed by atoms with Gasteiger partial charge in [-0.05, 0) is 6.42 Å². The highest BCUT2D eigenvalue weighted by molar-refractivity contribution is 8.14. The second-order valence-electron chi connectivity index (χ2n) is 4.21. The maximum atomic E-state index is 13.9. The van der Waals surface area contributed by atoms with E-state index >= 15 is 0 Å². The molecule has 2 unspecified atom stereocenters. The number of halogens is 1. The number of carbonyl (C=O) groups excluding carboxylic acids is 2. The van der Waals surface area contributed by atoms with E-state index in [4.69, 9.17) is 5.11 Å². The van der Waals surface area contributed by atoms with Gasteiger partial charge in [-0.15, -0.1) is 0 Å². The minimum atomic E-state index is -1.22. The summed E-state index contributed by atoms with van der Waals surface area (Å²) in [5.74, 6) is -0.161. The summed E-state index contributed by atoms with van der Waals surface area (Å²) in [5.41, 5.74) is 0. The summed E-state index contributed by atoms with van der Waals surface area (Å²) in [4.78, 5) is 25.9. The fourth-order valence-corrected chi connectivity index (χ4v) is 3.04. The Balaban J connectivity index is 1.99. The Morgan fingerprint density at radius 2 is 2.24 bits per heavy atom. The number of hydrogen-bond donors (Lipinski definition) is 1. The Kier molecular flexibility index (Phi) is 4.01. The first-order valence-electron chi connectivity index (χ1n) is 5.59. The van der Waals surface area contributed by atoms with Gasteiger partial charge in [-0.1, -0.05) is 11.8 Å². The fourth-order valence-electron chi connectivity index (χ4n) is 2.28. The number of nitrogens with zero attached hydrogens (tertiary/aromatic N) is 2. The van der Waals surface area contributed by atoms with Gasteiger partial charge in [-0.3, -0.25) is 19.4 Å². The van der Waals surface area contributed by atoms with E-state index in [2.05, 4.69) is 0 Å². The van der Waals surface area contributed by atoms with Crippen molar-refractivity contribution < 1.29 is 19.1 Å². The molecule has 2 aliphatic rings. The summed E-state index contributed by atoms with van der Waals surface area (Å²) in [6.45, 7) is 1.21. The number of rotatable bonds is 3. The van der Waals surface area contributed by atoms with Gasteiger partial charge in [0.2, 0.25) is 5.91 Å². The summed E-state index contributed by atoms with van der Waals surface area (Å²) in [6.07, 6.45) is -0.777. The molecular weight excluding hydrogens is 247 g/mol. The van der Waals surface area contributed by atoms with Crippen LogP contribution in [0.15, 0.2) is 0 Å². The van der Waals surface area contributed by atoms with E-state index in [0.717, 1.165) is 16.7 Å². The lowest BCUT2D eigenvalue weighted by molar-refractivity contribution is -0.128. The van der Waals surface area contributed by atoms with Crippen LogP contribution < -0.4 is 0 Å². The molecule has 2 atom stereocenters. The number of thioether (sulfide) groups is 1. The molecule has 0 radical (unpaired) electrons. The number of piperidine rings is 1. The van der Waals surface area contributed by atoms with Crippen LogP contribution in [0.2, 0.25) is 0 Å². The Bertz CT molecular complexity index is 313. The Morgan fingerprint density at radius 3 is 2.76 bits per heavy atom. The number of imide groups is 1. The molecule has 1 N–H and O–H groups in total. The molecule has 17 heavy (non-hydrogen) atoms. The lowest BCUT2D eigenvalue weighted by Crippen LogP contribution is -2.54. The third-order valence-electron chi connectivity index (χ3n) is 3.12. The Morgan fingerprint density at radius 1 is 1.47 bits per heavy atom. The highest BCUT2D eigenvalue weighted by atomic mass is 32.2. The van der Waals surface area contributed by atoms with Gasteiger partial charge >= 0.3 is 0 Å². The van der Waals surface area contributed by atoms with E-state index in [9.17, 15) is 14.0 Å². The van der Waals surface area contributed by atoms with Crippen LogP contribution in [0.4, 0.5) is 9.18 Å². The van der Waals surface area contributed by atoms with Crippen LogP contribution in [0.5, 0.6) is 0 Å². The van der Waals surface area contributed by atoms with E-state index in [0.29, 0.717) is 19.5 Å². The highest BCUT2D eigenvalue weighted by Crippen LogP contribution is 2.28. The maximum absolute atomic E-state index is 13.9. The number of aliphatic hydroxyl groups is 1. The smallest absolute Gasteiger partial charge is 0.289 e. The molecule has 2 fully saturated rings. The molecule has 0 aromatic heterocycles. The van der Waals surface area contributed by atoms with Gasteiger partial charge in [0.05, 0.1) is 18.4 Å². The zero-order chi connectivity index (χ0) is 12.4. The lowest BCUT2D eigenvalue weighted by Gasteiger charge is -2.37. The van der Waals surface area contributed by atoms with Crippen molar-refractivity contribution in [2.75, 3.05) is 32.0 Å². The van der Waals surface area contributed by atoms with Crippen molar-refractivity contribution in [2.24, 2.45) is 0 Å². The average Bonchev–Trinajstić information content (AvgIpc) is 2.60. The third kappa shape index (κ3) is 2.61. The molecule has 0 aromatic rings. The van der Waals surface area contributed by atoms with Crippen LogP contribution in [0, 0.1) is 0 Å². The first-order valence-corrected chi connectivity index (χ1v) is 6.58. The number of carbonyl (C=O) groups is 2. The van der Waals surface area contributed by atoms with Gasteiger partial charge in [-0.2, -0.15) is 0 Å². The van der Waals surface area contributed by atoms with Gasteiger partial charge in [0.25, 0.3) is 5.24 Å². The zero-order valence-corrected chi connectivity index (χ0v) is 10.2. The Labute approximate surface area is 103 Å². The molecular formula is C10H15FN2O3S. The molecule has 0 bridgehead atoms. The molecule has 2 amide bonds. The number of hydrogen-bond acceptors (Lipinski definition) is 5. The van der Waals surface area contributed by atoms with Gasteiger partial charge in [-0.25, -0.2) is 4.39 Å². The SMILES string of the molecule is O=C1CSC(=O)N1C1CCN(CCO)CC1F. The molecule has 0 spiro atoms. The van der Waals surface area contributed by atoms with Crippen LogP contribution in [0.3, 0.4) is 0 Å². The van der Waals surface area contributed by atoms with Crippen molar-refractivity contribution >= 4 is 22.9 Å². The van der Waals surface area contributed by atoms with E-state index in [1.165, 1.54) is 0 Å². The van der Waals surface area contributed by atoms with Crippen molar-refractivity contribution in [1.82, 2.24) is 9.80 Å². The molecule has 96 valence electrons. The van der Waals surface area contributed by atoms with Crippen LogP contribution >= 0.6 is 11.8 Å². The van der Waals surface area contributed by atoms with E-state index in [-0.39, 0.29) is 30.1 Å². The molecule has 2 saturated heterocycles. The van der Waals surface area contributed by atoms with Crippen molar-refractivity contribution in [3.05, 3.63) is 0 Å². The largest absolute Gasteiger partial charge is 0.395 e. The molecule has 2 heterocycles. The van der Waals surface area contributed by atoms with Crippen molar-refractivity contribution in [1.29, 1.82) is 0 Å². The first kappa shape index (κ1) is 12.8. The minimum absolute atomic E-state index is 0.00514. The molecule has 5 nitrogen and oxygen atoms in total. The van der Waals surface area contributed by atoms with Crippen LogP contribution in [0.25, 0.3) is 0 Å². The van der Waals surface area contributed by atoms with Gasteiger partial charge in [0.15, 0.2) is 0 Å². The molecule has 7 heteroatoms. The van der Waals surface area contributed by atoms with Crippen LogP contribution in [0.1, 0.15) is 6.42 Å². The van der Waals surface area contributed by atoms with Crippen molar-refractivity contribution in [3.63, 3.8) is 0 Å². The molecule has 0 aliphatic carbocycles. The average molecular weight is 262 g/mol. The second-order valence-corrected chi connectivity index (χ2v) is 5.14. The van der Waals surface area contributed by atoms with Crippen LogP contribution in [-0.4, -0.2) is 70.3 Å². The van der Waals surface area contributed by atoms with Gasteiger partial charge in [0.1, 0.15) is 6.17 Å². The van der Waals surface area contributed by atoms with E-state index in [1.54, 1.807) is 4.90 Å². The Hall–Kier alpha value is -0.660. The summed E-state index contributed by atoms with van der Waals surface area (Å²) < 4.78 is 13.9. The number of aliphatic hydroxyl groups excluding tert-OH is 1. The molecule has 2 aliphatic heterocycles. The zero-order valence-electron chi connectivity index (χ0n) is 9.34. The fraction of sp³-hybridized carbons (Fsp3) is 0.800. The number of amides is 2. The number of alkyl halides is 1. The van der Waals surface area contributed by atoms with Crippen molar-refractivity contribution in [2.45, 2.75) is 18.6 Å². The second kappa shape index (κ2) is 5.32. The van der Waals surface area contributed by atoms with E-state index in [1.807, 2.05) is 0 Å². The quantitative estimate of drug-likeness (QED) is 0.781. The summed E-state index contributed by atoms with van der Waals surface area (Å²) >= 11 is 0.937. The van der Waals surface area contributed by atoms with Gasteiger partial charge < -0.3 is 5.11 Å². The topological polar surface area (TPSA) is 60.9 Å². The lowest BCUT2D eigenvalue weighted by atomic mass is 10.0. The number of β-amino-alcohol motifs (C(OH)–C–C–N with tert-alkyl or cyclic N) is 1. The molecule has 2 rings (SSSR count). The standard InChI is InChI=1S/C10H15FN2O3S/c11-7-5-12(3-4-14)2-1-8(7)13-9(15)6-17-10(13)16/h7-8,14H,1-6H2. The third-order valence-corrected chi connectivity index (χ3v) is 3.96.